The minimum Gasteiger partial charge on any atom is -0.352 e. The summed E-state index contributed by atoms with van der Waals surface area (Å²) in [5.74, 6) is 1.06. The molecule has 0 radical (unpaired) electrons. The maximum atomic E-state index is 9.85. The average Bonchev–Trinajstić information content (AvgIpc) is 3.15. The number of hydrogen-bond donors (Lipinski definition) is 1. The van der Waals surface area contributed by atoms with Gasteiger partial charge in [-0.2, -0.15) is 0 Å². The average molecular weight is 312 g/mol. The van der Waals surface area contributed by atoms with Crippen molar-refractivity contribution in [2.45, 2.75) is 20.3 Å². The molecule has 7 heteroatoms. The topological polar surface area (TPSA) is 60.1 Å². The highest BCUT2D eigenvalue weighted by Gasteiger charge is 2.35. The first-order chi connectivity index (χ1) is 11.2. The van der Waals surface area contributed by atoms with Gasteiger partial charge < -0.3 is 14.4 Å². The van der Waals surface area contributed by atoms with Gasteiger partial charge in [0.25, 0.3) is 0 Å². The van der Waals surface area contributed by atoms with Crippen LogP contribution in [0.2, 0.25) is 0 Å². The number of hydrogen-bond acceptors (Lipinski definition) is 6. The van der Waals surface area contributed by atoms with Crippen molar-refractivity contribution in [1.29, 1.82) is 0 Å². The third-order valence-electron chi connectivity index (χ3n) is 4.28. The van der Waals surface area contributed by atoms with Gasteiger partial charge in [0.15, 0.2) is 0 Å². The molecule has 4 rings (SSSR count). The summed E-state index contributed by atoms with van der Waals surface area (Å²) in [5, 5.41) is 11.1. The molecule has 0 fully saturated rings. The van der Waals surface area contributed by atoms with E-state index in [0.29, 0.717) is 6.67 Å². The Balaban J connectivity index is 1.86. The van der Waals surface area contributed by atoms with Crippen LogP contribution >= 0.6 is 0 Å². The van der Waals surface area contributed by atoms with Crippen LogP contribution in [0.5, 0.6) is 0 Å². The molecule has 0 saturated heterocycles. The first-order valence-corrected chi connectivity index (χ1v) is 7.85. The number of nitrogens with zero attached hydrogens (tertiary/aromatic N) is 6. The van der Waals surface area contributed by atoms with Crippen LogP contribution in [-0.2, 0) is 0 Å². The number of imidazole rings is 1. The molecule has 0 spiro atoms. The lowest BCUT2D eigenvalue weighted by molar-refractivity contribution is -0.0539. The van der Waals surface area contributed by atoms with Gasteiger partial charge in [-0.15, -0.1) is 0 Å². The highest BCUT2D eigenvalue weighted by Crippen LogP contribution is 2.38. The Bertz CT molecular complexity index is 743. The number of rotatable bonds is 3. The van der Waals surface area contributed by atoms with Crippen molar-refractivity contribution in [2.75, 3.05) is 19.8 Å². The van der Waals surface area contributed by atoms with E-state index in [1.165, 1.54) is 10.6 Å². The first-order valence-electron chi connectivity index (χ1n) is 7.85. The highest BCUT2D eigenvalue weighted by molar-refractivity contribution is 5.85. The van der Waals surface area contributed by atoms with E-state index in [0.717, 1.165) is 42.4 Å². The van der Waals surface area contributed by atoms with Crippen molar-refractivity contribution in [3.8, 4) is 0 Å². The lowest BCUT2D eigenvalue weighted by atomic mass is 10.1. The molecule has 120 valence electrons. The van der Waals surface area contributed by atoms with Crippen molar-refractivity contribution >= 4 is 11.9 Å². The van der Waals surface area contributed by atoms with Gasteiger partial charge in [0.2, 0.25) is 0 Å². The maximum absolute atomic E-state index is 9.85. The molecule has 23 heavy (non-hydrogen) atoms. The summed E-state index contributed by atoms with van der Waals surface area (Å²) < 4.78 is 2.02. The van der Waals surface area contributed by atoms with Crippen LogP contribution in [0.15, 0.2) is 52.7 Å². The number of aliphatic imine (C=N–C) groups is 1. The first kappa shape index (κ1) is 14.1. The Morgan fingerprint density at radius 1 is 1.35 bits per heavy atom. The maximum Gasteiger partial charge on any atom is 0.139 e. The molecular weight excluding hydrogens is 292 g/mol. The van der Waals surface area contributed by atoms with E-state index >= 15 is 0 Å². The minimum absolute atomic E-state index is 0.427. The number of aromatic nitrogens is 2. The monoisotopic (exact) mass is 312 g/mol. The fraction of sp³-hybridized carbons (Fsp3) is 0.375. The van der Waals surface area contributed by atoms with Gasteiger partial charge in [-0.3, -0.25) is 5.21 Å². The Kier molecular flexibility index (Phi) is 3.23. The van der Waals surface area contributed by atoms with E-state index in [9.17, 15) is 5.21 Å². The third kappa shape index (κ3) is 2.16. The van der Waals surface area contributed by atoms with Crippen LogP contribution in [0.25, 0.3) is 5.70 Å². The summed E-state index contributed by atoms with van der Waals surface area (Å²) >= 11 is 0. The molecule has 0 unspecified atom stereocenters. The van der Waals surface area contributed by atoms with Gasteiger partial charge >= 0.3 is 0 Å². The summed E-state index contributed by atoms with van der Waals surface area (Å²) in [5.41, 5.74) is 4.20. The van der Waals surface area contributed by atoms with Crippen molar-refractivity contribution in [3.05, 3.63) is 47.7 Å². The quantitative estimate of drug-likeness (QED) is 0.924. The summed E-state index contributed by atoms with van der Waals surface area (Å²) in [4.78, 5) is 13.3. The van der Waals surface area contributed by atoms with Crippen LogP contribution in [-0.4, -0.2) is 55.6 Å². The minimum atomic E-state index is 0.427. The smallest absolute Gasteiger partial charge is 0.139 e. The molecule has 0 amide bonds. The lowest BCUT2D eigenvalue weighted by Gasteiger charge is -2.40. The number of allylic oxidation sites excluding steroid dienone is 2. The highest BCUT2D eigenvalue weighted by atomic mass is 16.5. The van der Waals surface area contributed by atoms with Gasteiger partial charge in [0.1, 0.15) is 18.2 Å². The molecule has 7 nitrogen and oxygen atoms in total. The Labute approximate surface area is 135 Å². The zero-order valence-corrected chi connectivity index (χ0v) is 13.3. The molecule has 1 aromatic rings. The van der Waals surface area contributed by atoms with Crippen molar-refractivity contribution in [2.24, 2.45) is 4.99 Å². The molecule has 0 saturated carbocycles. The van der Waals surface area contributed by atoms with Gasteiger partial charge in [-0.25, -0.2) is 15.0 Å². The fourth-order valence-corrected chi connectivity index (χ4v) is 3.41. The molecule has 3 aliphatic rings. The lowest BCUT2D eigenvalue weighted by Crippen LogP contribution is -2.42. The predicted molar refractivity (Wildman–Crippen MR) is 86.9 cm³/mol. The van der Waals surface area contributed by atoms with E-state index in [2.05, 4.69) is 28.6 Å². The van der Waals surface area contributed by atoms with Crippen LogP contribution in [0, 0.1) is 0 Å². The largest absolute Gasteiger partial charge is 0.352 e. The van der Waals surface area contributed by atoms with E-state index in [1.807, 2.05) is 23.3 Å². The molecular formula is C16H20N6O. The van der Waals surface area contributed by atoms with Crippen molar-refractivity contribution in [1.82, 2.24) is 24.4 Å². The Morgan fingerprint density at radius 3 is 2.96 bits per heavy atom. The molecule has 0 atom stereocenters. The molecule has 4 heterocycles. The van der Waals surface area contributed by atoms with E-state index in [-0.39, 0.29) is 0 Å². The SMILES string of the molecule is CCCN1CC(C)=C(n2ccnc2)C2=C1N1CN(O)C=C1C=N2. The van der Waals surface area contributed by atoms with E-state index in [1.54, 1.807) is 12.4 Å². The van der Waals surface area contributed by atoms with E-state index in [4.69, 9.17) is 4.99 Å². The van der Waals surface area contributed by atoms with Crippen LogP contribution in [0.1, 0.15) is 20.3 Å². The van der Waals surface area contributed by atoms with Gasteiger partial charge in [-0.1, -0.05) is 6.92 Å². The molecule has 0 aliphatic carbocycles. The van der Waals surface area contributed by atoms with Crippen LogP contribution in [0.3, 0.4) is 0 Å². The standard InChI is InChI=1S/C16H20N6O/c1-3-5-19-8-12(2)15(20-6-4-17-10-20)14-16(19)22-11-21(23)9-13(22)7-18-14/h4,6-7,9-10,23H,3,5,8,11H2,1-2H3. The summed E-state index contributed by atoms with van der Waals surface area (Å²) in [6.07, 6.45) is 10.1. The normalized spacial score (nSPS) is 20.3. The predicted octanol–water partition coefficient (Wildman–Crippen LogP) is 1.90. The molecule has 1 aromatic heterocycles. The molecule has 3 aliphatic heterocycles. The second kappa shape index (κ2) is 5.27. The zero-order chi connectivity index (χ0) is 16.0. The molecule has 0 bridgehead atoms. The van der Waals surface area contributed by atoms with Crippen molar-refractivity contribution < 1.29 is 5.21 Å². The van der Waals surface area contributed by atoms with Crippen molar-refractivity contribution in [3.63, 3.8) is 0 Å². The number of hydroxylamine groups is 2. The number of fused-ring (bicyclic) bond motifs is 2. The molecule has 0 aromatic carbocycles. The van der Waals surface area contributed by atoms with E-state index < -0.39 is 0 Å². The van der Waals surface area contributed by atoms with Gasteiger partial charge in [0.05, 0.1) is 30.1 Å². The third-order valence-corrected chi connectivity index (χ3v) is 4.28. The fourth-order valence-electron chi connectivity index (χ4n) is 3.41. The Morgan fingerprint density at radius 2 is 2.22 bits per heavy atom. The summed E-state index contributed by atoms with van der Waals surface area (Å²) in [6.45, 7) is 6.56. The molecule has 1 N–H and O–H groups in total. The summed E-state index contributed by atoms with van der Waals surface area (Å²) in [7, 11) is 0. The second-order valence-corrected chi connectivity index (χ2v) is 6.01. The van der Waals surface area contributed by atoms with Gasteiger partial charge in [0, 0.05) is 25.5 Å². The van der Waals surface area contributed by atoms with Crippen LogP contribution in [0.4, 0.5) is 0 Å². The zero-order valence-electron chi connectivity index (χ0n) is 13.3. The van der Waals surface area contributed by atoms with Gasteiger partial charge in [-0.05, 0) is 18.9 Å². The summed E-state index contributed by atoms with van der Waals surface area (Å²) in [6, 6.07) is 0. The van der Waals surface area contributed by atoms with Crippen LogP contribution < -0.4 is 0 Å². The Hall–Kier alpha value is -2.54. The second-order valence-electron chi connectivity index (χ2n) is 6.01.